The maximum Gasteiger partial charge on any atom is 0.336 e. The van der Waals surface area contributed by atoms with Gasteiger partial charge in [0.1, 0.15) is 12.4 Å². The van der Waals surface area contributed by atoms with Gasteiger partial charge in [-0.25, -0.2) is 14.2 Å². The molecule has 4 rings (SSSR count). The summed E-state index contributed by atoms with van der Waals surface area (Å²) < 4.78 is 25.1. The number of halogens is 2. The highest BCUT2D eigenvalue weighted by atomic mass is 35.5. The molecule has 1 aliphatic heterocycles. The molecule has 0 aromatic heterocycles. The van der Waals surface area contributed by atoms with Crippen LogP contribution in [0.1, 0.15) is 27.0 Å². The molecule has 1 heterocycles. The molecule has 10 heteroatoms. The van der Waals surface area contributed by atoms with Crippen LogP contribution in [0.5, 0.6) is 11.5 Å². The monoisotopic (exact) mass is 540 g/mol. The van der Waals surface area contributed by atoms with E-state index in [1.165, 1.54) is 24.1 Å². The Morgan fingerprint density at radius 1 is 1.22 bits per heavy atom. The number of aromatic carboxylic acids is 1. The number of nitrogens with zero attached hydrogens (tertiary/aromatic N) is 2. The fourth-order valence-electron chi connectivity index (χ4n) is 3.61. The zero-order chi connectivity index (χ0) is 26.7. The van der Waals surface area contributed by atoms with Crippen molar-refractivity contribution in [1.82, 2.24) is 4.90 Å². The number of carboxylic acid groups (broad SMARTS) is 1. The molecular weight excluding hydrogens is 519 g/mol. The summed E-state index contributed by atoms with van der Waals surface area (Å²) in [4.78, 5) is 30.7. The number of hydrogen-bond acceptors (Lipinski definition) is 6. The molecule has 3 aromatic rings. The van der Waals surface area contributed by atoms with Crippen molar-refractivity contribution in [1.29, 1.82) is 0 Å². The van der Waals surface area contributed by atoms with Gasteiger partial charge in [-0.15, -0.1) is 0 Å². The molecule has 1 saturated heterocycles. The number of benzene rings is 3. The summed E-state index contributed by atoms with van der Waals surface area (Å²) in [6.45, 7) is 1.63. The Morgan fingerprint density at radius 3 is 2.68 bits per heavy atom. The molecule has 0 radical (unpaired) electrons. The summed E-state index contributed by atoms with van der Waals surface area (Å²) in [6, 6.07) is 14.4. The first-order chi connectivity index (χ1) is 17.7. The zero-order valence-corrected chi connectivity index (χ0v) is 21.7. The van der Waals surface area contributed by atoms with Crippen LogP contribution >= 0.6 is 23.4 Å². The third-order valence-electron chi connectivity index (χ3n) is 5.63. The minimum Gasteiger partial charge on any atom is -0.493 e. The second-order valence-corrected chi connectivity index (χ2v) is 9.45. The molecule has 0 atom stereocenters. The second-order valence-electron chi connectivity index (χ2n) is 8.04. The Kier molecular flexibility index (Phi) is 7.85. The quantitative estimate of drug-likeness (QED) is 0.353. The average molecular weight is 541 g/mol. The van der Waals surface area contributed by atoms with Crippen molar-refractivity contribution in [2.45, 2.75) is 13.5 Å². The zero-order valence-electron chi connectivity index (χ0n) is 20.1. The van der Waals surface area contributed by atoms with Gasteiger partial charge in [0.25, 0.3) is 5.91 Å². The number of aliphatic imine (C=N–C) groups is 1. The van der Waals surface area contributed by atoms with E-state index in [1.807, 2.05) is 0 Å². The predicted molar refractivity (Wildman–Crippen MR) is 142 cm³/mol. The molecule has 37 heavy (non-hydrogen) atoms. The van der Waals surface area contributed by atoms with Crippen LogP contribution < -0.4 is 9.47 Å². The SMILES string of the molecule is COc1cc(/C=C2\SC(=Nc3cccc(C(=O)O)c3C)N(C)C2=O)cc(Cl)c1OCc1ccccc1F. The summed E-state index contributed by atoms with van der Waals surface area (Å²) in [5.41, 5.74) is 2.08. The van der Waals surface area contributed by atoms with Gasteiger partial charge in [-0.05, 0) is 66.2 Å². The lowest BCUT2D eigenvalue weighted by molar-refractivity contribution is -0.121. The summed E-state index contributed by atoms with van der Waals surface area (Å²) in [7, 11) is 3.05. The van der Waals surface area contributed by atoms with E-state index in [2.05, 4.69) is 4.99 Å². The number of likely N-dealkylation sites (N-methyl/N-ethyl adjacent to an activating group) is 1. The summed E-state index contributed by atoms with van der Waals surface area (Å²) in [6.07, 6.45) is 1.65. The average Bonchev–Trinajstić information content (AvgIpc) is 3.12. The maximum atomic E-state index is 14.0. The lowest BCUT2D eigenvalue weighted by Gasteiger charge is -2.14. The number of methoxy groups -OCH3 is 1. The van der Waals surface area contributed by atoms with Crippen LogP contribution in [-0.2, 0) is 11.4 Å². The van der Waals surface area contributed by atoms with E-state index in [0.717, 1.165) is 11.8 Å². The van der Waals surface area contributed by atoms with Crippen molar-refractivity contribution < 1.29 is 28.6 Å². The van der Waals surface area contributed by atoms with Crippen LogP contribution in [0.3, 0.4) is 0 Å². The van der Waals surface area contributed by atoms with Gasteiger partial charge >= 0.3 is 5.97 Å². The number of amides is 1. The molecule has 1 N–H and O–H groups in total. The van der Waals surface area contributed by atoms with Gasteiger partial charge < -0.3 is 14.6 Å². The lowest BCUT2D eigenvalue weighted by atomic mass is 10.1. The number of carbonyl (C=O) groups excluding carboxylic acids is 1. The number of carbonyl (C=O) groups is 2. The van der Waals surface area contributed by atoms with Crippen molar-refractivity contribution in [3.05, 3.63) is 92.6 Å². The van der Waals surface area contributed by atoms with E-state index in [-0.39, 0.29) is 34.7 Å². The van der Waals surface area contributed by atoms with Gasteiger partial charge in [0.15, 0.2) is 16.7 Å². The fraction of sp³-hybridized carbons (Fsp3) is 0.148. The molecule has 3 aromatic carbocycles. The Hall–Kier alpha value is -3.82. The first-order valence-corrected chi connectivity index (χ1v) is 12.2. The van der Waals surface area contributed by atoms with Gasteiger partial charge in [-0.3, -0.25) is 9.69 Å². The number of carboxylic acids is 1. The minimum atomic E-state index is -1.05. The molecule has 0 aliphatic carbocycles. The predicted octanol–water partition coefficient (Wildman–Crippen LogP) is 6.31. The number of thioether (sulfide) groups is 1. The molecule has 0 bridgehead atoms. The Morgan fingerprint density at radius 2 is 1.97 bits per heavy atom. The van der Waals surface area contributed by atoms with Gasteiger partial charge in [-0.1, -0.05) is 35.9 Å². The molecule has 1 aliphatic rings. The number of hydrogen-bond donors (Lipinski definition) is 1. The first kappa shape index (κ1) is 26.2. The van der Waals surface area contributed by atoms with Crippen LogP contribution in [0.4, 0.5) is 10.1 Å². The van der Waals surface area contributed by atoms with Gasteiger partial charge in [-0.2, -0.15) is 0 Å². The van der Waals surface area contributed by atoms with E-state index in [1.54, 1.807) is 62.5 Å². The van der Waals surface area contributed by atoms with Crippen LogP contribution in [0.25, 0.3) is 6.08 Å². The Bertz CT molecular complexity index is 1460. The van der Waals surface area contributed by atoms with Crippen LogP contribution in [-0.4, -0.2) is 41.2 Å². The van der Waals surface area contributed by atoms with Crippen LogP contribution in [0.2, 0.25) is 5.02 Å². The van der Waals surface area contributed by atoms with Crippen molar-refractivity contribution in [2.24, 2.45) is 4.99 Å². The van der Waals surface area contributed by atoms with E-state index < -0.39 is 5.97 Å². The van der Waals surface area contributed by atoms with Crippen molar-refractivity contribution in [2.75, 3.05) is 14.2 Å². The highest BCUT2D eigenvalue weighted by Crippen LogP contribution is 2.40. The van der Waals surface area contributed by atoms with Gasteiger partial charge in [0.2, 0.25) is 0 Å². The molecule has 190 valence electrons. The fourth-order valence-corrected chi connectivity index (χ4v) is 4.86. The van der Waals surface area contributed by atoms with Crippen LogP contribution in [0, 0.1) is 12.7 Å². The normalized spacial score (nSPS) is 15.5. The van der Waals surface area contributed by atoms with Crippen LogP contribution in [0.15, 0.2) is 64.5 Å². The van der Waals surface area contributed by atoms with Gasteiger partial charge in [0, 0.05) is 12.6 Å². The van der Waals surface area contributed by atoms with E-state index in [9.17, 15) is 19.1 Å². The number of amidine groups is 1. The van der Waals surface area contributed by atoms with E-state index in [4.69, 9.17) is 21.1 Å². The minimum absolute atomic E-state index is 0.0371. The summed E-state index contributed by atoms with van der Waals surface area (Å²) >= 11 is 7.62. The van der Waals surface area contributed by atoms with E-state index in [0.29, 0.717) is 38.2 Å². The highest BCUT2D eigenvalue weighted by Gasteiger charge is 2.31. The summed E-state index contributed by atoms with van der Waals surface area (Å²) in [5.74, 6) is -1.12. The maximum absolute atomic E-state index is 14.0. The third-order valence-corrected chi connectivity index (χ3v) is 6.98. The number of ether oxygens (including phenoxy) is 2. The molecule has 1 amide bonds. The molecular formula is C27H22ClFN2O5S. The highest BCUT2D eigenvalue weighted by molar-refractivity contribution is 8.18. The lowest BCUT2D eigenvalue weighted by Crippen LogP contribution is -2.23. The Labute approximate surface area is 222 Å². The standard InChI is InChI=1S/C27H22ClFN2O5S/c1-15-18(26(33)34)8-6-10-21(15)30-27-31(2)25(32)23(37-27)13-16-11-19(28)24(22(12-16)35-3)36-14-17-7-4-5-9-20(17)29/h4-13H,14H2,1-3H3,(H,33,34)/b23-13-,30-27?. The topological polar surface area (TPSA) is 88.4 Å². The molecule has 7 nitrogen and oxygen atoms in total. The first-order valence-electron chi connectivity index (χ1n) is 11.0. The van der Waals surface area contributed by atoms with Crippen molar-refractivity contribution >= 4 is 52.2 Å². The van der Waals surface area contributed by atoms with Crippen molar-refractivity contribution in [3.8, 4) is 11.5 Å². The Balaban J connectivity index is 1.60. The smallest absolute Gasteiger partial charge is 0.336 e. The van der Waals surface area contributed by atoms with Gasteiger partial charge in [0.05, 0.1) is 28.3 Å². The molecule has 0 unspecified atom stereocenters. The number of rotatable bonds is 7. The summed E-state index contributed by atoms with van der Waals surface area (Å²) in [5, 5.41) is 10.0. The largest absolute Gasteiger partial charge is 0.493 e. The van der Waals surface area contributed by atoms with E-state index >= 15 is 0 Å². The third kappa shape index (κ3) is 5.63. The van der Waals surface area contributed by atoms with Crippen molar-refractivity contribution in [3.63, 3.8) is 0 Å². The molecule has 0 saturated carbocycles. The molecule has 1 fully saturated rings. The molecule has 0 spiro atoms. The second kappa shape index (κ2) is 11.1.